The normalized spacial score (nSPS) is 11.8. The van der Waals surface area contributed by atoms with Crippen molar-refractivity contribution in [1.82, 2.24) is 4.98 Å². The zero-order valence-corrected chi connectivity index (χ0v) is 18.6. The summed E-state index contributed by atoms with van der Waals surface area (Å²) in [6.45, 7) is 3.51. The molecule has 0 bridgehead atoms. The molecule has 1 unspecified atom stereocenters. The van der Waals surface area contributed by atoms with Crippen LogP contribution in [0.1, 0.15) is 19.5 Å². The van der Waals surface area contributed by atoms with Gasteiger partial charge in [0.25, 0.3) is 5.91 Å². The highest BCUT2D eigenvalue weighted by Crippen LogP contribution is 2.31. The molecule has 0 spiro atoms. The van der Waals surface area contributed by atoms with Crippen LogP contribution in [0.5, 0.6) is 5.75 Å². The largest absolute Gasteiger partial charge is 0.473 e. The van der Waals surface area contributed by atoms with E-state index in [4.69, 9.17) is 18.3 Å². The quantitative estimate of drug-likeness (QED) is 0.385. The second-order valence-corrected chi connectivity index (χ2v) is 7.80. The maximum atomic E-state index is 13.1. The van der Waals surface area contributed by atoms with Gasteiger partial charge >= 0.3 is 5.97 Å². The minimum atomic E-state index is -1.06. The molecule has 1 aromatic carbocycles. The standard InChI is InChI=1S/C23H20N2O7S/c1-3-29-18(26)11-14-12-33-23(24-14)25-22(28)13(2)31-21-19(27)15-7-4-5-8-16(15)32-20(21)17-9-6-10-30-17/h4-10,12-13H,3,11H2,1-2H3,(H,24,25,28). The molecule has 0 saturated carbocycles. The number of para-hydroxylation sites is 1. The predicted molar refractivity (Wildman–Crippen MR) is 121 cm³/mol. The topological polar surface area (TPSA) is 121 Å². The summed E-state index contributed by atoms with van der Waals surface area (Å²) in [7, 11) is 0. The smallest absolute Gasteiger partial charge is 0.311 e. The predicted octanol–water partition coefficient (Wildman–Crippen LogP) is 4.02. The number of rotatable bonds is 8. The van der Waals surface area contributed by atoms with Gasteiger partial charge in [0.05, 0.1) is 30.4 Å². The molecule has 4 rings (SSSR count). The zero-order chi connectivity index (χ0) is 23.4. The second-order valence-electron chi connectivity index (χ2n) is 6.94. The lowest BCUT2D eigenvalue weighted by molar-refractivity contribution is -0.142. The number of hydrogen-bond acceptors (Lipinski definition) is 9. The summed E-state index contributed by atoms with van der Waals surface area (Å²) in [5, 5.41) is 4.91. The van der Waals surface area contributed by atoms with Crippen LogP contribution >= 0.6 is 11.3 Å². The fourth-order valence-corrected chi connectivity index (χ4v) is 3.76. The molecule has 1 atom stereocenters. The number of aromatic nitrogens is 1. The van der Waals surface area contributed by atoms with E-state index in [0.717, 1.165) is 0 Å². The Balaban J connectivity index is 1.55. The van der Waals surface area contributed by atoms with E-state index in [-0.39, 0.29) is 24.5 Å². The minimum absolute atomic E-state index is 0.0108. The molecule has 3 aromatic heterocycles. The van der Waals surface area contributed by atoms with E-state index >= 15 is 0 Å². The Kier molecular flexibility index (Phi) is 6.55. The summed E-state index contributed by atoms with van der Waals surface area (Å²) < 4.78 is 21.9. The van der Waals surface area contributed by atoms with Crippen molar-refractivity contribution in [3.05, 3.63) is 64.0 Å². The highest BCUT2D eigenvalue weighted by Gasteiger charge is 2.24. The number of benzene rings is 1. The first-order valence-corrected chi connectivity index (χ1v) is 11.0. The number of furan rings is 1. The Morgan fingerprint density at radius 2 is 2.03 bits per heavy atom. The minimum Gasteiger partial charge on any atom is -0.473 e. The van der Waals surface area contributed by atoms with E-state index in [1.54, 1.807) is 48.7 Å². The second kappa shape index (κ2) is 9.70. The van der Waals surface area contributed by atoms with Gasteiger partial charge in [-0.2, -0.15) is 0 Å². The maximum Gasteiger partial charge on any atom is 0.311 e. The summed E-state index contributed by atoms with van der Waals surface area (Å²) in [6, 6.07) is 10.0. The number of hydrogen-bond donors (Lipinski definition) is 1. The van der Waals surface area contributed by atoms with Gasteiger partial charge in [-0.25, -0.2) is 4.98 Å². The van der Waals surface area contributed by atoms with Gasteiger partial charge in [-0.1, -0.05) is 12.1 Å². The van der Waals surface area contributed by atoms with Gasteiger partial charge in [0.2, 0.25) is 16.9 Å². The number of anilines is 1. The van der Waals surface area contributed by atoms with E-state index < -0.39 is 23.4 Å². The van der Waals surface area contributed by atoms with E-state index in [1.807, 2.05) is 0 Å². The number of amides is 1. The van der Waals surface area contributed by atoms with Crippen LogP contribution in [0, 0.1) is 0 Å². The average Bonchev–Trinajstić information content (AvgIpc) is 3.48. The molecule has 9 nitrogen and oxygen atoms in total. The third-order valence-electron chi connectivity index (χ3n) is 4.58. The van der Waals surface area contributed by atoms with Crippen molar-refractivity contribution in [2.24, 2.45) is 0 Å². The van der Waals surface area contributed by atoms with Crippen molar-refractivity contribution in [3.8, 4) is 17.3 Å². The molecular formula is C23H20N2O7S. The fraction of sp³-hybridized carbons (Fsp3) is 0.217. The molecule has 0 aliphatic carbocycles. The van der Waals surface area contributed by atoms with Gasteiger partial charge in [0, 0.05) is 5.38 Å². The van der Waals surface area contributed by atoms with Gasteiger partial charge in [0.15, 0.2) is 17.0 Å². The first kappa shape index (κ1) is 22.3. The Labute approximate surface area is 192 Å². The lowest BCUT2D eigenvalue weighted by atomic mass is 10.2. The van der Waals surface area contributed by atoms with Gasteiger partial charge in [0.1, 0.15) is 5.58 Å². The lowest BCUT2D eigenvalue weighted by Crippen LogP contribution is -2.31. The molecule has 33 heavy (non-hydrogen) atoms. The number of nitrogens with zero attached hydrogens (tertiary/aromatic N) is 1. The number of fused-ring (bicyclic) bond motifs is 1. The van der Waals surface area contributed by atoms with Gasteiger partial charge in [-0.05, 0) is 38.1 Å². The van der Waals surface area contributed by atoms with Gasteiger partial charge < -0.3 is 18.3 Å². The summed E-state index contributed by atoms with van der Waals surface area (Å²) >= 11 is 1.17. The average molecular weight is 468 g/mol. The number of carbonyl (C=O) groups is 2. The SMILES string of the molecule is CCOC(=O)Cc1csc(NC(=O)C(C)Oc2c(-c3ccco3)oc3ccccc3c2=O)n1. The number of ether oxygens (including phenoxy) is 2. The molecule has 0 saturated heterocycles. The van der Waals surface area contributed by atoms with E-state index in [2.05, 4.69) is 10.3 Å². The summed E-state index contributed by atoms with van der Waals surface area (Å²) in [5.74, 6) is -0.664. The highest BCUT2D eigenvalue weighted by molar-refractivity contribution is 7.13. The van der Waals surface area contributed by atoms with Crippen molar-refractivity contribution in [2.75, 3.05) is 11.9 Å². The molecule has 1 amide bonds. The summed E-state index contributed by atoms with van der Waals surface area (Å²) in [5.41, 5.74) is 0.432. The molecule has 0 fully saturated rings. The third kappa shape index (κ3) is 4.96. The van der Waals surface area contributed by atoms with Crippen molar-refractivity contribution in [1.29, 1.82) is 0 Å². The van der Waals surface area contributed by atoms with Crippen LogP contribution in [-0.4, -0.2) is 29.6 Å². The number of carbonyl (C=O) groups excluding carboxylic acids is 2. The summed E-state index contributed by atoms with van der Waals surface area (Å²) in [6.07, 6.45) is 0.401. The van der Waals surface area contributed by atoms with Crippen LogP contribution in [-0.2, 0) is 20.7 Å². The van der Waals surface area contributed by atoms with E-state index in [0.29, 0.717) is 27.6 Å². The molecule has 4 aromatic rings. The monoisotopic (exact) mass is 468 g/mol. The molecule has 0 aliphatic rings. The molecule has 0 aliphatic heterocycles. The molecule has 3 heterocycles. The van der Waals surface area contributed by atoms with Crippen molar-refractivity contribution in [3.63, 3.8) is 0 Å². The van der Waals surface area contributed by atoms with Gasteiger partial charge in [-0.15, -0.1) is 11.3 Å². The van der Waals surface area contributed by atoms with E-state index in [9.17, 15) is 14.4 Å². The van der Waals surface area contributed by atoms with Crippen molar-refractivity contribution < 1.29 is 27.9 Å². The van der Waals surface area contributed by atoms with Crippen LogP contribution in [0.3, 0.4) is 0 Å². The van der Waals surface area contributed by atoms with Crippen molar-refractivity contribution in [2.45, 2.75) is 26.4 Å². The molecular weight excluding hydrogens is 448 g/mol. The molecule has 170 valence electrons. The van der Waals surface area contributed by atoms with Gasteiger partial charge in [-0.3, -0.25) is 19.7 Å². The molecule has 1 N–H and O–H groups in total. The van der Waals surface area contributed by atoms with Crippen LogP contribution in [0.25, 0.3) is 22.5 Å². The van der Waals surface area contributed by atoms with Crippen LogP contribution < -0.4 is 15.5 Å². The fourth-order valence-electron chi connectivity index (χ4n) is 3.04. The molecule has 0 radical (unpaired) electrons. The van der Waals surface area contributed by atoms with Crippen LogP contribution in [0.4, 0.5) is 5.13 Å². The Hall–Kier alpha value is -3.92. The third-order valence-corrected chi connectivity index (χ3v) is 5.38. The van der Waals surface area contributed by atoms with Crippen LogP contribution in [0.15, 0.2) is 61.7 Å². The van der Waals surface area contributed by atoms with E-state index in [1.165, 1.54) is 24.5 Å². The maximum absolute atomic E-state index is 13.1. The first-order chi connectivity index (χ1) is 16.0. The van der Waals surface area contributed by atoms with Crippen molar-refractivity contribution >= 4 is 39.3 Å². The Morgan fingerprint density at radius 3 is 2.79 bits per heavy atom. The summed E-state index contributed by atoms with van der Waals surface area (Å²) in [4.78, 5) is 41.6. The first-order valence-electron chi connectivity index (χ1n) is 10.1. The number of nitrogens with one attached hydrogen (secondary N) is 1. The lowest BCUT2D eigenvalue weighted by Gasteiger charge is -2.15. The number of esters is 1. The van der Waals surface area contributed by atoms with Crippen LogP contribution in [0.2, 0.25) is 0 Å². The highest BCUT2D eigenvalue weighted by atomic mass is 32.1. The Morgan fingerprint density at radius 1 is 1.21 bits per heavy atom. The Bertz CT molecular complexity index is 1340. The number of thiazole rings is 1. The zero-order valence-electron chi connectivity index (χ0n) is 17.8. The molecule has 10 heteroatoms.